The molecule has 0 amide bonds. The van der Waals surface area contributed by atoms with E-state index in [-0.39, 0.29) is 12.1 Å². The van der Waals surface area contributed by atoms with E-state index in [1.165, 1.54) is 5.56 Å². The quantitative estimate of drug-likeness (QED) is 0.663. The van der Waals surface area contributed by atoms with Crippen molar-refractivity contribution in [3.8, 4) is 17.0 Å². The fourth-order valence-electron chi connectivity index (χ4n) is 4.22. The van der Waals surface area contributed by atoms with Crippen LogP contribution in [0.4, 0.5) is 5.82 Å². The molecule has 0 saturated heterocycles. The Bertz CT molecular complexity index is 1020. The van der Waals surface area contributed by atoms with Crippen molar-refractivity contribution in [2.45, 2.75) is 50.7 Å². The predicted molar refractivity (Wildman–Crippen MR) is 104 cm³/mol. The van der Waals surface area contributed by atoms with Crippen LogP contribution in [0.1, 0.15) is 36.8 Å². The van der Waals surface area contributed by atoms with Crippen molar-refractivity contribution in [1.29, 1.82) is 0 Å². The molecule has 3 aromatic rings. The number of fused-ring (bicyclic) bond motifs is 2. The molecule has 2 atom stereocenters. The molecule has 2 heterocycles. The molecule has 6 heteroatoms. The average molecular weight is 362 g/mol. The lowest BCUT2D eigenvalue weighted by Crippen LogP contribution is -2.36. The molecule has 3 N–H and O–H groups in total. The van der Waals surface area contributed by atoms with Crippen molar-refractivity contribution in [1.82, 2.24) is 15.2 Å². The third kappa shape index (κ3) is 2.72. The van der Waals surface area contributed by atoms with E-state index in [9.17, 15) is 10.2 Å². The number of anilines is 1. The van der Waals surface area contributed by atoms with Crippen molar-refractivity contribution < 1.29 is 10.2 Å². The molecule has 2 aliphatic carbocycles. The Morgan fingerprint density at radius 1 is 1.00 bits per heavy atom. The van der Waals surface area contributed by atoms with Gasteiger partial charge in [-0.3, -0.25) is 4.98 Å². The van der Waals surface area contributed by atoms with Crippen LogP contribution in [0.2, 0.25) is 0 Å². The van der Waals surface area contributed by atoms with Gasteiger partial charge in [0.2, 0.25) is 0 Å². The van der Waals surface area contributed by atoms with E-state index >= 15 is 0 Å². The van der Waals surface area contributed by atoms with Gasteiger partial charge in [0.1, 0.15) is 11.4 Å². The molecular formula is C21H22N4O2. The predicted octanol–water partition coefficient (Wildman–Crippen LogP) is 3.21. The van der Waals surface area contributed by atoms with Crippen LogP contribution in [0.15, 0.2) is 30.6 Å². The molecule has 27 heavy (non-hydrogen) atoms. The van der Waals surface area contributed by atoms with Gasteiger partial charge in [-0.05, 0) is 48.9 Å². The van der Waals surface area contributed by atoms with E-state index in [1.54, 1.807) is 12.4 Å². The first-order valence-corrected chi connectivity index (χ1v) is 9.61. The zero-order valence-corrected chi connectivity index (χ0v) is 15.0. The molecule has 1 saturated carbocycles. The van der Waals surface area contributed by atoms with E-state index < -0.39 is 0 Å². The number of phenols is 1. The Hall–Kier alpha value is -2.73. The lowest BCUT2D eigenvalue weighted by molar-refractivity contribution is 0.116. The Morgan fingerprint density at radius 3 is 2.70 bits per heavy atom. The zero-order valence-electron chi connectivity index (χ0n) is 15.0. The summed E-state index contributed by atoms with van der Waals surface area (Å²) >= 11 is 0. The molecule has 0 aliphatic heterocycles. The largest absolute Gasteiger partial charge is 0.507 e. The van der Waals surface area contributed by atoms with Crippen LogP contribution >= 0.6 is 0 Å². The summed E-state index contributed by atoms with van der Waals surface area (Å²) in [5.74, 6) is 0.950. The van der Waals surface area contributed by atoms with Crippen LogP contribution in [0.5, 0.6) is 5.75 Å². The number of aromatic nitrogens is 3. The number of hydrogen-bond donors (Lipinski definition) is 3. The van der Waals surface area contributed by atoms with Gasteiger partial charge < -0.3 is 15.5 Å². The maximum absolute atomic E-state index is 10.7. The fraction of sp³-hybridized carbons (Fsp3) is 0.381. The summed E-state index contributed by atoms with van der Waals surface area (Å²) < 4.78 is 0. The number of aromatic hydroxyl groups is 1. The number of nitrogens with one attached hydrogen (secondary N) is 1. The molecule has 0 bridgehead atoms. The number of aliphatic hydroxyl groups excluding tert-OH is 1. The summed E-state index contributed by atoms with van der Waals surface area (Å²) in [7, 11) is 0. The van der Waals surface area contributed by atoms with Gasteiger partial charge in [0, 0.05) is 28.7 Å². The fourth-order valence-corrected chi connectivity index (χ4v) is 4.22. The van der Waals surface area contributed by atoms with Crippen LogP contribution in [0.25, 0.3) is 22.0 Å². The third-order valence-electron chi connectivity index (χ3n) is 5.91. The summed E-state index contributed by atoms with van der Waals surface area (Å²) in [5.41, 5.74) is 3.60. The molecule has 1 fully saturated rings. The minimum atomic E-state index is -0.371. The second kappa shape index (κ2) is 6.46. The Morgan fingerprint density at radius 2 is 1.89 bits per heavy atom. The Labute approximate surface area is 157 Å². The highest BCUT2D eigenvalue weighted by Gasteiger charge is 2.25. The topological polar surface area (TPSA) is 91.2 Å². The van der Waals surface area contributed by atoms with Crippen LogP contribution in [-0.4, -0.2) is 37.5 Å². The van der Waals surface area contributed by atoms with Gasteiger partial charge in [-0.1, -0.05) is 18.9 Å². The van der Waals surface area contributed by atoms with E-state index in [4.69, 9.17) is 0 Å². The van der Waals surface area contributed by atoms with Crippen LogP contribution in [-0.2, 0) is 12.8 Å². The molecule has 2 aromatic heterocycles. The number of rotatable bonds is 3. The second-order valence-corrected chi connectivity index (χ2v) is 7.52. The van der Waals surface area contributed by atoms with Crippen LogP contribution in [0, 0.1) is 0 Å². The van der Waals surface area contributed by atoms with Crippen LogP contribution in [0.3, 0.4) is 0 Å². The number of pyridine rings is 1. The number of benzene rings is 1. The monoisotopic (exact) mass is 362 g/mol. The number of aryl methyl sites for hydroxylation is 1. The van der Waals surface area contributed by atoms with E-state index in [0.29, 0.717) is 22.8 Å². The number of nitrogens with zero attached hydrogens (tertiary/aromatic N) is 3. The molecule has 2 unspecified atom stereocenters. The van der Waals surface area contributed by atoms with Gasteiger partial charge in [-0.15, -0.1) is 10.2 Å². The van der Waals surface area contributed by atoms with Crippen molar-refractivity contribution >= 4 is 16.6 Å². The van der Waals surface area contributed by atoms with Crippen molar-refractivity contribution in [3.05, 3.63) is 41.7 Å². The summed E-state index contributed by atoms with van der Waals surface area (Å²) in [6.07, 6.45) is 8.93. The van der Waals surface area contributed by atoms with Crippen LogP contribution < -0.4 is 5.32 Å². The maximum atomic E-state index is 10.7. The number of hydrogen-bond acceptors (Lipinski definition) is 6. The molecule has 0 spiro atoms. The minimum Gasteiger partial charge on any atom is -0.507 e. The first kappa shape index (κ1) is 16.4. The normalized spacial score (nSPS) is 21.5. The molecule has 0 radical (unpaired) electrons. The summed E-state index contributed by atoms with van der Waals surface area (Å²) in [5, 5.41) is 34.9. The lowest BCUT2D eigenvalue weighted by atomic mass is 9.85. The maximum Gasteiger partial charge on any atom is 0.158 e. The Kier molecular flexibility index (Phi) is 3.93. The summed E-state index contributed by atoms with van der Waals surface area (Å²) in [6, 6.07) is 5.87. The van der Waals surface area contributed by atoms with Gasteiger partial charge in [0.25, 0.3) is 0 Å². The standard InChI is InChI=1S/C21H22N4O2/c26-18-4-2-1-3-17(18)23-21-16-11-22-10-9-14(16)19(24-25-21)15-8-6-12-5-7-13(12)20(15)27/h6,8-11,17-18,26-27H,1-5,7H2,(H,23,25). The molecule has 5 rings (SSSR count). The van der Waals surface area contributed by atoms with Crippen molar-refractivity contribution in [2.24, 2.45) is 0 Å². The molecule has 138 valence electrons. The van der Waals surface area contributed by atoms with Gasteiger partial charge in [-0.2, -0.15) is 0 Å². The molecular weight excluding hydrogens is 340 g/mol. The number of aliphatic hydroxyl groups is 1. The van der Waals surface area contributed by atoms with Gasteiger partial charge in [-0.25, -0.2) is 0 Å². The minimum absolute atomic E-state index is 0.0211. The first-order chi connectivity index (χ1) is 13.2. The average Bonchev–Trinajstić information content (AvgIpc) is 2.66. The van der Waals surface area contributed by atoms with Crippen molar-refractivity contribution in [2.75, 3.05) is 5.32 Å². The van der Waals surface area contributed by atoms with Gasteiger partial charge >= 0.3 is 0 Å². The Balaban J connectivity index is 1.59. The van der Waals surface area contributed by atoms with Crippen molar-refractivity contribution in [3.63, 3.8) is 0 Å². The van der Waals surface area contributed by atoms with E-state index in [1.807, 2.05) is 12.1 Å². The highest BCUT2D eigenvalue weighted by Crippen LogP contribution is 2.41. The smallest absolute Gasteiger partial charge is 0.158 e. The first-order valence-electron chi connectivity index (χ1n) is 9.61. The highest BCUT2D eigenvalue weighted by atomic mass is 16.3. The molecule has 2 aliphatic rings. The van der Waals surface area contributed by atoms with E-state index in [0.717, 1.165) is 54.9 Å². The SMILES string of the molecule is Oc1c(-c2nnc(NC3CCCCC3O)c3cnccc23)ccc2c1CC2. The highest BCUT2D eigenvalue weighted by molar-refractivity contribution is 6.00. The lowest BCUT2D eigenvalue weighted by Gasteiger charge is -2.29. The van der Waals surface area contributed by atoms with Gasteiger partial charge in [0.05, 0.1) is 12.1 Å². The summed E-state index contributed by atoms with van der Waals surface area (Å²) in [6.45, 7) is 0. The molecule has 1 aromatic carbocycles. The second-order valence-electron chi connectivity index (χ2n) is 7.52. The van der Waals surface area contributed by atoms with Gasteiger partial charge in [0.15, 0.2) is 5.82 Å². The van der Waals surface area contributed by atoms with E-state index in [2.05, 4.69) is 26.6 Å². The summed E-state index contributed by atoms with van der Waals surface area (Å²) in [4.78, 5) is 4.25. The third-order valence-corrected chi connectivity index (χ3v) is 5.91. The number of phenolic OH excluding ortho intramolecular Hbond substituents is 1. The molecule has 6 nitrogen and oxygen atoms in total. The zero-order chi connectivity index (χ0) is 18.4.